The second-order valence-corrected chi connectivity index (χ2v) is 6.14. The molecule has 0 aromatic carbocycles. The van der Waals surface area contributed by atoms with E-state index in [0.717, 1.165) is 0 Å². The normalized spacial score (nSPS) is 17.9. The molecule has 20 heteroatoms. The first-order chi connectivity index (χ1) is 14.4. The van der Waals surface area contributed by atoms with E-state index in [1.807, 2.05) is 4.74 Å². The van der Waals surface area contributed by atoms with E-state index in [0.29, 0.717) is 0 Å². The van der Waals surface area contributed by atoms with Crippen molar-refractivity contribution in [2.75, 3.05) is 13.0 Å². The minimum atomic E-state index is -7.62. The third-order valence-corrected chi connectivity index (χ3v) is 3.98. The lowest BCUT2D eigenvalue weighted by molar-refractivity contribution is -0.531. The number of halogens is 17. The summed E-state index contributed by atoms with van der Waals surface area (Å²) in [6.45, 7) is 0. The predicted molar refractivity (Wildman–Crippen MR) is 73.0 cm³/mol. The fraction of sp³-hybridized carbons (Fsp3) is 0.846. The average molecular weight is 553 g/mol. The lowest BCUT2D eigenvalue weighted by Crippen LogP contribution is -2.71. The zero-order valence-corrected chi connectivity index (χ0v) is 16.0. The van der Waals surface area contributed by atoms with Crippen LogP contribution in [0, 0.1) is 0 Å². The third-order valence-electron chi connectivity index (χ3n) is 3.72. The molecule has 2 unspecified atom stereocenters. The van der Waals surface area contributed by atoms with Gasteiger partial charge < -0.3 is 9.47 Å². The van der Waals surface area contributed by atoms with Crippen LogP contribution in [0.1, 0.15) is 12.8 Å². The summed E-state index contributed by atoms with van der Waals surface area (Å²) in [5, 5.41) is 0. The van der Waals surface area contributed by atoms with Gasteiger partial charge in [-0.2, -0.15) is 70.2 Å². The van der Waals surface area contributed by atoms with Crippen LogP contribution in [0.2, 0.25) is 0 Å². The molecule has 0 spiro atoms. The summed E-state index contributed by atoms with van der Waals surface area (Å²) >= 11 is 4.97. The first kappa shape index (κ1) is 31.6. The molecule has 0 rings (SSSR count). The molecule has 0 aliphatic heterocycles. The number of hydrogen-bond acceptors (Lipinski definition) is 3. The highest BCUT2D eigenvalue weighted by atomic mass is 35.5. The Morgan fingerprint density at radius 2 is 1.18 bits per heavy atom. The van der Waals surface area contributed by atoms with Crippen LogP contribution in [-0.2, 0) is 14.2 Å². The van der Waals surface area contributed by atoms with Crippen molar-refractivity contribution in [1.82, 2.24) is 0 Å². The molecule has 0 fully saturated rings. The van der Waals surface area contributed by atoms with Crippen molar-refractivity contribution in [3.05, 3.63) is 12.1 Å². The molecule has 0 saturated carbocycles. The van der Waals surface area contributed by atoms with E-state index in [1.165, 1.54) is 0 Å². The second-order valence-electron chi connectivity index (χ2n) is 5.76. The lowest BCUT2D eigenvalue weighted by Gasteiger charge is -2.44. The van der Waals surface area contributed by atoms with E-state index >= 15 is 0 Å². The molecule has 0 aromatic rings. The van der Waals surface area contributed by atoms with Crippen molar-refractivity contribution in [3.8, 4) is 0 Å². The van der Waals surface area contributed by atoms with Crippen molar-refractivity contribution < 1.29 is 84.5 Å². The van der Waals surface area contributed by atoms with Crippen LogP contribution in [0.3, 0.4) is 0 Å². The molecule has 0 N–H and O–H groups in total. The highest BCUT2D eigenvalue weighted by Gasteiger charge is 2.86. The number of alkyl halides is 14. The summed E-state index contributed by atoms with van der Waals surface area (Å²) in [5.74, 6) is -15.7. The standard InChI is InChI=1S/C13H9ClF16O3/c1-31-7(3-2-4-14,10(21,22)23)8(18,19)12(27,28)33-9(20,11(24,25)26)13(29,30)32-6(17)5(15)16/h2-4H2,1H3. The fourth-order valence-corrected chi connectivity index (χ4v) is 2.25. The van der Waals surface area contributed by atoms with Crippen molar-refractivity contribution in [2.45, 2.75) is 54.8 Å². The molecule has 0 heterocycles. The summed E-state index contributed by atoms with van der Waals surface area (Å²) in [7, 11) is -0.292. The van der Waals surface area contributed by atoms with Gasteiger partial charge >= 0.3 is 48.4 Å². The van der Waals surface area contributed by atoms with Crippen LogP contribution in [0.4, 0.5) is 70.2 Å². The molecule has 3 nitrogen and oxygen atoms in total. The number of methoxy groups -OCH3 is 1. The minimum Gasteiger partial charge on any atom is -0.398 e. The van der Waals surface area contributed by atoms with Gasteiger partial charge in [0, 0.05) is 13.0 Å². The zero-order chi connectivity index (χ0) is 26.9. The quantitative estimate of drug-likeness (QED) is 0.156. The second kappa shape index (κ2) is 9.71. The first-order valence-electron chi connectivity index (χ1n) is 7.57. The summed E-state index contributed by atoms with van der Waals surface area (Å²) in [4.78, 5) is 0. The van der Waals surface area contributed by atoms with Crippen molar-refractivity contribution >= 4 is 11.6 Å². The van der Waals surface area contributed by atoms with Crippen LogP contribution in [0.25, 0.3) is 0 Å². The predicted octanol–water partition coefficient (Wildman–Crippen LogP) is 7.07. The maximum atomic E-state index is 14.3. The van der Waals surface area contributed by atoms with Crippen LogP contribution >= 0.6 is 11.6 Å². The van der Waals surface area contributed by atoms with E-state index < -0.39 is 72.8 Å². The summed E-state index contributed by atoms with van der Waals surface area (Å²) in [5.41, 5.74) is -5.50. The van der Waals surface area contributed by atoms with Gasteiger partial charge in [-0.15, -0.1) is 11.6 Å². The Morgan fingerprint density at radius 3 is 1.48 bits per heavy atom. The molecular formula is C13H9ClF16O3. The summed E-state index contributed by atoms with van der Waals surface area (Å²) in [6, 6.07) is -3.99. The zero-order valence-electron chi connectivity index (χ0n) is 15.3. The van der Waals surface area contributed by atoms with Gasteiger partial charge in [0.05, 0.1) is 0 Å². The highest BCUT2D eigenvalue weighted by molar-refractivity contribution is 6.17. The average Bonchev–Trinajstić information content (AvgIpc) is 2.59. The molecule has 2 atom stereocenters. The van der Waals surface area contributed by atoms with Gasteiger partial charge in [0.1, 0.15) is 0 Å². The van der Waals surface area contributed by atoms with E-state index in [1.54, 1.807) is 4.74 Å². The smallest absolute Gasteiger partial charge is 0.398 e. The van der Waals surface area contributed by atoms with Gasteiger partial charge in [-0.3, -0.25) is 4.74 Å². The SMILES string of the molecule is COC(CCCCl)(C(F)(F)F)C(F)(F)C(F)(F)OC(F)(C(F)(F)F)C(F)(F)OC(F)=C(F)F. The van der Waals surface area contributed by atoms with Gasteiger partial charge in [0.15, 0.2) is 0 Å². The van der Waals surface area contributed by atoms with E-state index in [2.05, 4.69) is 4.74 Å². The van der Waals surface area contributed by atoms with Gasteiger partial charge in [-0.05, 0) is 12.8 Å². The van der Waals surface area contributed by atoms with Crippen molar-refractivity contribution in [3.63, 3.8) is 0 Å². The molecule has 0 aliphatic carbocycles. The van der Waals surface area contributed by atoms with Gasteiger partial charge in [0.2, 0.25) is 5.60 Å². The molecule has 0 aliphatic rings. The van der Waals surface area contributed by atoms with Gasteiger partial charge in [-0.1, -0.05) is 0 Å². The number of hydrogen-bond donors (Lipinski definition) is 0. The lowest BCUT2D eigenvalue weighted by atomic mass is 9.88. The molecule has 0 bridgehead atoms. The Hall–Kier alpha value is -1.37. The fourth-order valence-electron chi connectivity index (χ4n) is 2.11. The summed E-state index contributed by atoms with van der Waals surface area (Å²) in [6.07, 6.45) is -36.5. The molecule has 198 valence electrons. The number of ether oxygens (including phenoxy) is 3. The molecule has 0 amide bonds. The third kappa shape index (κ3) is 5.66. The van der Waals surface area contributed by atoms with E-state index in [-0.39, 0.29) is 7.11 Å². The molecule has 0 aromatic heterocycles. The summed E-state index contributed by atoms with van der Waals surface area (Å²) < 4.78 is 218. The van der Waals surface area contributed by atoms with Crippen LogP contribution in [-0.4, -0.2) is 54.9 Å². The van der Waals surface area contributed by atoms with Crippen LogP contribution in [0.5, 0.6) is 0 Å². The molecule has 0 saturated heterocycles. The topological polar surface area (TPSA) is 27.7 Å². The van der Waals surface area contributed by atoms with E-state index in [9.17, 15) is 70.2 Å². The molecule has 33 heavy (non-hydrogen) atoms. The molecular weight excluding hydrogens is 544 g/mol. The first-order valence-corrected chi connectivity index (χ1v) is 8.11. The Bertz CT molecular complexity index is 701. The van der Waals surface area contributed by atoms with Crippen LogP contribution in [0.15, 0.2) is 12.1 Å². The largest absolute Gasteiger partial charge is 0.471 e. The molecule has 0 radical (unpaired) electrons. The monoisotopic (exact) mass is 552 g/mol. The minimum absolute atomic E-state index is 0.292. The Balaban J connectivity index is 6.81. The Kier molecular flexibility index (Phi) is 9.31. The van der Waals surface area contributed by atoms with Crippen molar-refractivity contribution in [2.24, 2.45) is 0 Å². The van der Waals surface area contributed by atoms with Crippen LogP contribution < -0.4 is 0 Å². The maximum absolute atomic E-state index is 14.3. The maximum Gasteiger partial charge on any atom is 0.471 e. The van der Waals surface area contributed by atoms with Crippen molar-refractivity contribution in [1.29, 1.82) is 0 Å². The Labute approximate surface area is 177 Å². The number of rotatable bonds is 11. The highest BCUT2D eigenvalue weighted by Crippen LogP contribution is 2.58. The van der Waals surface area contributed by atoms with E-state index in [4.69, 9.17) is 11.6 Å². The van der Waals surface area contributed by atoms with Gasteiger partial charge in [-0.25, -0.2) is 0 Å². The Morgan fingerprint density at radius 1 is 0.727 bits per heavy atom. The van der Waals surface area contributed by atoms with Gasteiger partial charge in [0.25, 0.3) is 0 Å².